The van der Waals surface area contributed by atoms with Crippen molar-refractivity contribution in [1.29, 1.82) is 0 Å². The van der Waals surface area contributed by atoms with Crippen LogP contribution in [0.1, 0.15) is 18.1 Å². The van der Waals surface area contributed by atoms with Crippen LogP contribution in [-0.2, 0) is 21.7 Å². The second-order valence-electron chi connectivity index (χ2n) is 8.00. The van der Waals surface area contributed by atoms with Crippen LogP contribution in [0.25, 0.3) is 10.8 Å². The number of rotatable bonds is 7. The molecule has 1 aliphatic rings. The molecule has 0 unspecified atom stereocenters. The molecule has 0 aromatic heterocycles. The maximum atomic E-state index is 13.2. The van der Waals surface area contributed by atoms with Crippen molar-refractivity contribution in [3.05, 3.63) is 71.8 Å². The Morgan fingerprint density at radius 1 is 0.939 bits per heavy atom. The number of imide groups is 1. The van der Waals surface area contributed by atoms with Crippen molar-refractivity contribution in [2.75, 3.05) is 20.8 Å². The van der Waals surface area contributed by atoms with E-state index in [-0.39, 0.29) is 13.1 Å². The minimum absolute atomic E-state index is 0.276. The molecule has 33 heavy (non-hydrogen) atoms. The van der Waals surface area contributed by atoms with E-state index in [4.69, 9.17) is 9.47 Å². The highest BCUT2D eigenvalue weighted by molar-refractivity contribution is 6.09. The molecule has 1 saturated heterocycles. The average Bonchev–Trinajstić information content (AvgIpc) is 3.06. The number of carbonyl (C=O) groups excluding carboxylic acids is 3. The first kappa shape index (κ1) is 22.1. The monoisotopic (exact) mass is 447 g/mol. The molecule has 0 bridgehead atoms. The smallest absolute Gasteiger partial charge is 0.325 e. The van der Waals surface area contributed by atoms with Crippen molar-refractivity contribution < 1.29 is 23.9 Å². The molecular formula is C25H25N3O5. The fraction of sp³-hybridized carbons (Fsp3) is 0.240. The van der Waals surface area contributed by atoms with Gasteiger partial charge in [-0.1, -0.05) is 30.3 Å². The summed E-state index contributed by atoms with van der Waals surface area (Å²) in [5, 5.41) is 7.35. The molecule has 8 heteroatoms. The van der Waals surface area contributed by atoms with Crippen LogP contribution < -0.4 is 20.1 Å². The van der Waals surface area contributed by atoms with Crippen LogP contribution in [0.2, 0.25) is 0 Å². The van der Waals surface area contributed by atoms with E-state index in [1.807, 2.05) is 42.5 Å². The Morgan fingerprint density at radius 3 is 2.27 bits per heavy atom. The van der Waals surface area contributed by atoms with Crippen LogP contribution in [-0.4, -0.2) is 43.5 Å². The molecule has 170 valence electrons. The van der Waals surface area contributed by atoms with Gasteiger partial charge >= 0.3 is 6.03 Å². The fourth-order valence-corrected chi connectivity index (χ4v) is 3.84. The molecule has 8 nitrogen and oxygen atoms in total. The van der Waals surface area contributed by atoms with Crippen LogP contribution in [0, 0.1) is 0 Å². The van der Waals surface area contributed by atoms with Gasteiger partial charge in [0, 0.05) is 6.54 Å². The van der Waals surface area contributed by atoms with E-state index in [9.17, 15) is 14.4 Å². The van der Waals surface area contributed by atoms with Crippen molar-refractivity contribution in [2.45, 2.75) is 19.0 Å². The lowest BCUT2D eigenvalue weighted by Crippen LogP contribution is -2.43. The van der Waals surface area contributed by atoms with Gasteiger partial charge in [0.15, 0.2) is 0 Å². The lowest BCUT2D eigenvalue weighted by molar-refractivity contribution is -0.134. The second-order valence-corrected chi connectivity index (χ2v) is 8.00. The van der Waals surface area contributed by atoms with Crippen molar-refractivity contribution in [1.82, 2.24) is 15.5 Å². The van der Waals surface area contributed by atoms with Gasteiger partial charge in [-0.05, 0) is 59.2 Å². The summed E-state index contributed by atoms with van der Waals surface area (Å²) in [7, 11) is 3.18. The summed E-state index contributed by atoms with van der Waals surface area (Å²) >= 11 is 0. The van der Waals surface area contributed by atoms with Crippen LogP contribution in [0.4, 0.5) is 4.79 Å². The fourth-order valence-electron chi connectivity index (χ4n) is 3.84. The molecule has 0 radical (unpaired) electrons. The van der Waals surface area contributed by atoms with E-state index in [0.29, 0.717) is 5.56 Å². The van der Waals surface area contributed by atoms with Gasteiger partial charge in [0.25, 0.3) is 5.91 Å². The average molecular weight is 447 g/mol. The third-order valence-corrected chi connectivity index (χ3v) is 5.85. The third-order valence-electron chi connectivity index (χ3n) is 5.85. The van der Waals surface area contributed by atoms with Gasteiger partial charge in [-0.15, -0.1) is 0 Å². The number of hydrogen-bond acceptors (Lipinski definition) is 5. The Balaban J connectivity index is 1.45. The van der Waals surface area contributed by atoms with Crippen LogP contribution >= 0.6 is 0 Å². The maximum Gasteiger partial charge on any atom is 0.325 e. The molecule has 2 N–H and O–H groups in total. The Hall–Kier alpha value is -4.07. The number of hydrogen-bond donors (Lipinski definition) is 2. The highest BCUT2D eigenvalue weighted by Gasteiger charge is 2.49. The maximum absolute atomic E-state index is 13.2. The predicted octanol–water partition coefficient (Wildman–Crippen LogP) is 2.94. The van der Waals surface area contributed by atoms with Gasteiger partial charge in [0.2, 0.25) is 5.91 Å². The standard InChI is InChI=1S/C25H25N3O5/c1-25(19-8-6-18-13-21(33-3)11-7-17(18)12-19)23(30)28(24(31)27-25)15-22(29)26-14-16-4-9-20(32-2)10-5-16/h4-13H,14-15H2,1-3H3,(H,26,29)(H,27,31)/t25-/m1/s1. The number of fused-ring (bicyclic) bond motifs is 1. The minimum Gasteiger partial charge on any atom is -0.497 e. The van der Waals surface area contributed by atoms with E-state index in [0.717, 1.165) is 32.7 Å². The SMILES string of the molecule is COc1ccc(CNC(=O)CN2C(=O)N[C@](C)(c3ccc4cc(OC)ccc4c3)C2=O)cc1. The summed E-state index contributed by atoms with van der Waals surface area (Å²) in [4.78, 5) is 39.2. The minimum atomic E-state index is -1.26. The van der Waals surface area contributed by atoms with Crippen molar-refractivity contribution >= 4 is 28.6 Å². The zero-order chi connectivity index (χ0) is 23.6. The molecule has 0 saturated carbocycles. The third kappa shape index (κ3) is 4.32. The van der Waals surface area contributed by atoms with Gasteiger partial charge in [0.1, 0.15) is 23.6 Å². The van der Waals surface area contributed by atoms with Crippen LogP contribution in [0.3, 0.4) is 0 Å². The molecular weight excluding hydrogens is 422 g/mol. The van der Waals surface area contributed by atoms with Crippen LogP contribution in [0.5, 0.6) is 11.5 Å². The molecule has 1 atom stereocenters. The molecule has 4 amide bonds. The Labute approximate surface area is 191 Å². The highest BCUT2D eigenvalue weighted by Crippen LogP contribution is 2.32. The Kier molecular flexibility index (Phi) is 5.91. The summed E-state index contributed by atoms with van der Waals surface area (Å²) < 4.78 is 10.4. The molecule has 0 spiro atoms. The largest absolute Gasteiger partial charge is 0.497 e. The number of urea groups is 1. The number of nitrogens with one attached hydrogen (secondary N) is 2. The topological polar surface area (TPSA) is 97.0 Å². The van der Waals surface area contributed by atoms with E-state index in [1.165, 1.54) is 0 Å². The normalized spacial score (nSPS) is 17.7. The van der Waals surface area contributed by atoms with E-state index >= 15 is 0 Å². The lowest BCUT2D eigenvalue weighted by atomic mass is 9.90. The first-order chi connectivity index (χ1) is 15.8. The quantitative estimate of drug-likeness (QED) is 0.543. The zero-order valence-electron chi connectivity index (χ0n) is 18.7. The first-order valence-corrected chi connectivity index (χ1v) is 10.5. The predicted molar refractivity (Wildman–Crippen MR) is 123 cm³/mol. The van der Waals surface area contributed by atoms with E-state index in [2.05, 4.69) is 10.6 Å². The van der Waals surface area contributed by atoms with Crippen molar-refractivity contribution in [2.24, 2.45) is 0 Å². The van der Waals surface area contributed by atoms with Gasteiger partial charge in [-0.3, -0.25) is 14.5 Å². The summed E-state index contributed by atoms with van der Waals surface area (Å²) in [6.45, 7) is 1.56. The Bertz CT molecular complexity index is 1220. The molecule has 3 aromatic carbocycles. The van der Waals surface area contributed by atoms with E-state index in [1.54, 1.807) is 39.3 Å². The first-order valence-electron chi connectivity index (χ1n) is 10.5. The van der Waals surface area contributed by atoms with Crippen molar-refractivity contribution in [3.8, 4) is 11.5 Å². The summed E-state index contributed by atoms with van der Waals surface area (Å²) in [6.07, 6.45) is 0. The molecule has 1 heterocycles. The van der Waals surface area contributed by atoms with Gasteiger partial charge in [-0.2, -0.15) is 0 Å². The highest BCUT2D eigenvalue weighted by atomic mass is 16.5. The summed E-state index contributed by atoms with van der Waals surface area (Å²) in [6, 6.07) is 17.8. The molecule has 1 aliphatic heterocycles. The van der Waals surface area contributed by atoms with Gasteiger partial charge in [0.05, 0.1) is 14.2 Å². The number of ether oxygens (including phenoxy) is 2. The molecule has 0 aliphatic carbocycles. The van der Waals surface area contributed by atoms with Gasteiger partial charge < -0.3 is 20.1 Å². The second kappa shape index (κ2) is 8.82. The van der Waals surface area contributed by atoms with Gasteiger partial charge in [-0.25, -0.2) is 4.79 Å². The number of amides is 4. The van der Waals surface area contributed by atoms with Crippen LogP contribution in [0.15, 0.2) is 60.7 Å². The number of carbonyl (C=O) groups is 3. The molecule has 3 aromatic rings. The summed E-state index contributed by atoms with van der Waals surface area (Å²) in [5.74, 6) is 0.555. The number of benzene rings is 3. The zero-order valence-corrected chi connectivity index (χ0v) is 18.7. The summed E-state index contributed by atoms with van der Waals surface area (Å²) in [5.41, 5.74) is 0.250. The van der Waals surface area contributed by atoms with E-state index < -0.39 is 23.4 Å². The van der Waals surface area contributed by atoms with Crippen molar-refractivity contribution in [3.63, 3.8) is 0 Å². The number of nitrogens with zero attached hydrogens (tertiary/aromatic N) is 1. The lowest BCUT2D eigenvalue weighted by Gasteiger charge is -2.22. The number of methoxy groups -OCH3 is 2. The Morgan fingerprint density at radius 2 is 1.58 bits per heavy atom. The molecule has 4 rings (SSSR count). The molecule has 1 fully saturated rings.